The lowest BCUT2D eigenvalue weighted by molar-refractivity contribution is -0.139. The minimum absolute atomic E-state index is 0.106. The fourth-order valence-electron chi connectivity index (χ4n) is 6.74. The van der Waals surface area contributed by atoms with Gasteiger partial charge >= 0.3 is 0 Å². The summed E-state index contributed by atoms with van der Waals surface area (Å²) in [5.74, 6) is 1.49. The average molecular weight is 615 g/mol. The monoisotopic (exact) mass is 614 g/mol. The standard InChI is InChI=1S/C32H38N8O3S/c1-2-28(41)34-25-8-4-3-6-23(25)32(42)40-12-10-38(11-13-40)20-21-18-27-29(44-21)31(39-14-16-43-17-15-39)36-30(35-27)22-7-5-9-26-24(22)19-33-37-26/h2,5,7,9,18-19,23,25H,1,3-4,6,8,10-17,20H2,(H,33,37)(H,34,41). The number of hydrogen-bond acceptors (Lipinski definition) is 9. The highest BCUT2D eigenvalue weighted by molar-refractivity contribution is 7.19. The van der Waals surface area contributed by atoms with Crippen LogP contribution in [0.4, 0.5) is 5.82 Å². The van der Waals surface area contributed by atoms with Crippen LogP contribution in [-0.4, -0.2) is 100 Å². The minimum atomic E-state index is -0.199. The molecule has 7 rings (SSSR count). The Labute approximate surface area is 260 Å². The second kappa shape index (κ2) is 12.6. The van der Waals surface area contributed by atoms with Crippen LogP contribution in [0.3, 0.4) is 0 Å². The molecule has 1 aliphatic carbocycles. The molecule has 2 N–H and O–H groups in total. The number of amides is 2. The molecule has 3 fully saturated rings. The van der Waals surface area contributed by atoms with E-state index in [0.29, 0.717) is 32.1 Å². The summed E-state index contributed by atoms with van der Waals surface area (Å²) >= 11 is 1.76. The number of nitrogens with zero attached hydrogens (tertiary/aromatic N) is 6. The fourth-order valence-corrected chi connectivity index (χ4v) is 7.89. The van der Waals surface area contributed by atoms with E-state index in [-0.39, 0.29) is 23.8 Å². The van der Waals surface area contributed by atoms with E-state index in [2.05, 4.69) is 44.0 Å². The van der Waals surface area contributed by atoms with Gasteiger partial charge in [-0.25, -0.2) is 9.97 Å². The van der Waals surface area contributed by atoms with Gasteiger partial charge in [-0.2, -0.15) is 5.10 Å². The Kier molecular flexibility index (Phi) is 8.28. The molecule has 1 saturated carbocycles. The topological polar surface area (TPSA) is 120 Å². The van der Waals surface area contributed by atoms with Crippen LogP contribution in [-0.2, 0) is 20.9 Å². The van der Waals surface area contributed by atoms with Crippen molar-refractivity contribution in [3.63, 3.8) is 0 Å². The second-order valence-corrected chi connectivity index (χ2v) is 13.0. The molecule has 2 atom stereocenters. The van der Waals surface area contributed by atoms with Crippen LogP contribution in [0.15, 0.2) is 43.1 Å². The third-order valence-corrected chi connectivity index (χ3v) is 10.2. The average Bonchev–Trinajstić information content (AvgIpc) is 3.72. The quantitative estimate of drug-likeness (QED) is 0.303. The molecule has 0 radical (unpaired) electrons. The van der Waals surface area contributed by atoms with E-state index < -0.39 is 0 Å². The van der Waals surface area contributed by atoms with Crippen LogP contribution in [0.2, 0.25) is 0 Å². The molecule has 44 heavy (non-hydrogen) atoms. The molecule has 2 amide bonds. The van der Waals surface area contributed by atoms with Crippen molar-refractivity contribution < 1.29 is 14.3 Å². The van der Waals surface area contributed by atoms with E-state index in [1.54, 1.807) is 11.3 Å². The van der Waals surface area contributed by atoms with E-state index in [9.17, 15) is 9.59 Å². The zero-order valence-electron chi connectivity index (χ0n) is 24.8. The smallest absolute Gasteiger partial charge is 0.243 e. The minimum Gasteiger partial charge on any atom is -0.378 e. The first-order valence-corrected chi connectivity index (χ1v) is 16.4. The van der Waals surface area contributed by atoms with Crippen LogP contribution >= 0.6 is 11.3 Å². The van der Waals surface area contributed by atoms with Crippen LogP contribution in [0.1, 0.15) is 30.6 Å². The number of nitrogens with one attached hydrogen (secondary N) is 2. The van der Waals surface area contributed by atoms with Gasteiger partial charge in [0, 0.05) is 67.7 Å². The number of piperazine rings is 1. The van der Waals surface area contributed by atoms with Crippen molar-refractivity contribution in [3.05, 3.63) is 48.0 Å². The van der Waals surface area contributed by atoms with Crippen molar-refractivity contribution in [1.82, 2.24) is 35.3 Å². The SMILES string of the molecule is C=CC(=O)NC1CCCCC1C(=O)N1CCN(Cc2cc3nc(-c4cccc5[nH]ncc45)nc(N4CCOCC4)c3s2)CC1. The number of ether oxygens (including phenoxy) is 1. The normalized spacial score (nSPS) is 21.5. The highest BCUT2D eigenvalue weighted by Gasteiger charge is 2.35. The molecule has 2 saturated heterocycles. The zero-order valence-corrected chi connectivity index (χ0v) is 25.7. The predicted molar refractivity (Wildman–Crippen MR) is 171 cm³/mol. The van der Waals surface area contributed by atoms with Crippen molar-refractivity contribution in [2.75, 3.05) is 57.4 Å². The summed E-state index contributed by atoms with van der Waals surface area (Å²) in [5.41, 5.74) is 2.88. The summed E-state index contributed by atoms with van der Waals surface area (Å²) in [6.07, 6.45) is 6.85. The molecule has 3 aliphatic rings. The Morgan fingerprint density at radius 3 is 2.73 bits per heavy atom. The summed E-state index contributed by atoms with van der Waals surface area (Å²) < 4.78 is 6.74. The molecule has 2 aliphatic heterocycles. The van der Waals surface area contributed by atoms with Crippen LogP contribution < -0.4 is 10.2 Å². The number of H-pyrrole nitrogens is 1. The molecule has 1 aromatic carbocycles. The van der Waals surface area contributed by atoms with Gasteiger partial charge < -0.3 is 19.9 Å². The number of aromatic amines is 1. The number of fused-ring (bicyclic) bond motifs is 2. The fraction of sp³-hybridized carbons (Fsp3) is 0.469. The van der Waals surface area contributed by atoms with Crippen molar-refractivity contribution in [2.45, 2.75) is 38.3 Å². The van der Waals surface area contributed by atoms with E-state index in [1.807, 2.05) is 23.2 Å². The maximum absolute atomic E-state index is 13.5. The molecule has 4 aromatic rings. The molecule has 11 nitrogen and oxygen atoms in total. The molecule has 2 unspecified atom stereocenters. The summed E-state index contributed by atoms with van der Waals surface area (Å²) in [7, 11) is 0. The number of rotatable bonds is 7. The molecule has 0 spiro atoms. The van der Waals surface area contributed by atoms with E-state index in [4.69, 9.17) is 14.7 Å². The summed E-state index contributed by atoms with van der Waals surface area (Å²) in [4.78, 5) is 43.6. The van der Waals surface area contributed by atoms with Gasteiger partial charge in [-0.05, 0) is 31.1 Å². The first-order valence-electron chi connectivity index (χ1n) is 15.6. The van der Waals surface area contributed by atoms with Crippen LogP contribution in [0.5, 0.6) is 0 Å². The molecule has 12 heteroatoms. The first kappa shape index (κ1) is 28.9. The summed E-state index contributed by atoms with van der Waals surface area (Å²) in [6.45, 7) is 10.3. The van der Waals surface area contributed by atoms with Gasteiger partial charge in [-0.15, -0.1) is 11.3 Å². The van der Waals surface area contributed by atoms with E-state index in [0.717, 1.165) is 90.9 Å². The maximum atomic E-state index is 13.5. The number of carbonyl (C=O) groups is 2. The molecule has 5 heterocycles. The lowest BCUT2D eigenvalue weighted by Gasteiger charge is -2.39. The maximum Gasteiger partial charge on any atom is 0.243 e. The number of aromatic nitrogens is 4. The number of anilines is 1. The predicted octanol–water partition coefficient (Wildman–Crippen LogP) is 3.58. The molecule has 230 valence electrons. The van der Waals surface area contributed by atoms with E-state index >= 15 is 0 Å². The number of carbonyl (C=O) groups excluding carboxylic acids is 2. The number of morpholine rings is 1. The Morgan fingerprint density at radius 2 is 1.91 bits per heavy atom. The van der Waals surface area contributed by atoms with Crippen molar-refractivity contribution in [2.24, 2.45) is 5.92 Å². The largest absolute Gasteiger partial charge is 0.378 e. The lowest BCUT2D eigenvalue weighted by Crippen LogP contribution is -2.54. The third-order valence-electron chi connectivity index (χ3n) is 9.10. The van der Waals surface area contributed by atoms with Gasteiger partial charge in [0.15, 0.2) is 11.6 Å². The first-order chi connectivity index (χ1) is 21.6. The molecular formula is C32H38N8O3S. The van der Waals surface area contributed by atoms with Gasteiger partial charge in [0.2, 0.25) is 11.8 Å². The summed E-state index contributed by atoms with van der Waals surface area (Å²) in [5, 5.41) is 11.3. The van der Waals surface area contributed by atoms with Crippen molar-refractivity contribution >= 4 is 50.1 Å². The van der Waals surface area contributed by atoms with Crippen LogP contribution in [0.25, 0.3) is 32.5 Å². The Morgan fingerprint density at radius 1 is 1.09 bits per heavy atom. The second-order valence-electron chi connectivity index (χ2n) is 11.8. The number of benzene rings is 1. The molecule has 0 bridgehead atoms. The number of thiophene rings is 1. The van der Waals surface area contributed by atoms with E-state index in [1.165, 1.54) is 11.0 Å². The lowest BCUT2D eigenvalue weighted by atomic mass is 9.83. The Bertz CT molecular complexity index is 1670. The van der Waals surface area contributed by atoms with Gasteiger partial charge in [0.25, 0.3) is 0 Å². The van der Waals surface area contributed by atoms with Gasteiger partial charge in [0.05, 0.1) is 41.1 Å². The Balaban J connectivity index is 1.08. The number of hydrogen-bond donors (Lipinski definition) is 2. The molecule has 3 aromatic heterocycles. The van der Waals surface area contributed by atoms with Crippen molar-refractivity contribution in [1.29, 1.82) is 0 Å². The van der Waals surface area contributed by atoms with Crippen LogP contribution in [0, 0.1) is 5.92 Å². The van der Waals surface area contributed by atoms with Gasteiger partial charge in [-0.3, -0.25) is 19.6 Å². The zero-order chi connectivity index (χ0) is 30.0. The third kappa shape index (κ3) is 5.81. The Hall–Kier alpha value is -3.87. The summed E-state index contributed by atoms with van der Waals surface area (Å²) in [6, 6.07) is 8.17. The van der Waals surface area contributed by atoms with Crippen molar-refractivity contribution in [3.8, 4) is 11.4 Å². The molecular weight excluding hydrogens is 576 g/mol. The highest BCUT2D eigenvalue weighted by Crippen LogP contribution is 2.36. The highest BCUT2D eigenvalue weighted by atomic mass is 32.1. The van der Waals surface area contributed by atoms with Gasteiger partial charge in [-0.1, -0.05) is 31.6 Å². The van der Waals surface area contributed by atoms with Gasteiger partial charge in [0.1, 0.15) is 0 Å².